The predicted octanol–water partition coefficient (Wildman–Crippen LogP) is 1.94. The summed E-state index contributed by atoms with van der Waals surface area (Å²) in [6, 6.07) is 2.31. The number of rotatable bonds is 2. The average molecular weight is 233 g/mol. The van der Waals surface area contributed by atoms with Crippen LogP contribution in [0.5, 0.6) is 11.5 Å². The summed E-state index contributed by atoms with van der Waals surface area (Å²) in [5.74, 6) is 0.476. The Labute approximate surface area is 89.9 Å². The van der Waals surface area contributed by atoms with Crippen LogP contribution >= 0.6 is 0 Å². The molecule has 0 spiro atoms. The molecule has 0 saturated heterocycles. The van der Waals surface area contributed by atoms with E-state index in [4.69, 9.17) is 15.2 Å². The maximum atomic E-state index is 12.7. The first-order valence-corrected chi connectivity index (χ1v) is 4.72. The normalized spacial score (nSPS) is 14.2. The second-order valence-corrected chi connectivity index (χ2v) is 3.40. The summed E-state index contributed by atoms with van der Waals surface area (Å²) in [7, 11) is 0. The summed E-state index contributed by atoms with van der Waals surface area (Å²) < 4.78 is 48.0. The lowest BCUT2D eigenvalue weighted by molar-refractivity contribution is -0.138. The number of halogens is 3. The first-order valence-electron chi connectivity index (χ1n) is 4.72. The van der Waals surface area contributed by atoms with E-state index in [1.165, 1.54) is 6.07 Å². The second-order valence-electron chi connectivity index (χ2n) is 3.40. The van der Waals surface area contributed by atoms with E-state index in [1.54, 1.807) is 0 Å². The van der Waals surface area contributed by atoms with Crippen LogP contribution in [0, 0.1) is 0 Å². The lowest BCUT2D eigenvalue weighted by Crippen LogP contribution is -2.12. The van der Waals surface area contributed by atoms with Gasteiger partial charge >= 0.3 is 6.18 Å². The highest BCUT2D eigenvalue weighted by atomic mass is 19.4. The fourth-order valence-electron chi connectivity index (χ4n) is 1.61. The first kappa shape index (κ1) is 11.1. The SMILES string of the molecule is NCCc1cc2c(cc1C(F)(F)F)OCO2. The number of alkyl halides is 3. The maximum Gasteiger partial charge on any atom is 0.416 e. The quantitative estimate of drug-likeness (QED) is 0.848. The summed E-state index contributed by atoms with van der Waals surface area (Å²) >= 11 is 0. The molecule has 1 heterocycles. The molecule has 2 rings (SSSR count). The van der Waals surface area contributed by atoms with E-state index in [1.807, 2.05) is 0 Å². The third-order valence-corrected chi connectivity index (χ3v) is 2.32. The monoisotopic (exact) mass is 233 g/mol. The van der Waals surface area contributed by atoms with E-state index < -0.39 is 11.7 Å². The third kappa shape index (κ3) is 1.92. The second kappa shape index (κ2) is 3.86. The van der Waals surface area contributed by atoms with Crippen LogP contribution in [0.15, 0.2) is 12.1 Å². The molecule has 16 heavy (non-hydrogen) atoms. The van der Waals surface area contributed by atoms with Gasteiger partial charge in [0.25, 0.3) is 0 Å². The van der Waals surface area contributed by atoms with Crippen molar-refractivity contribution >= 4 is 0 Å². The molecule has 0 amide bonds. The fraction of sp³-hybridized carbons (Fsp3) is 0.400. The molecule has 3 nitrogen and oxygen atoms in total. The number of hydrogen-bond acceptors (Lipinski definition) is 3. The van der Waals surface area contributed by atoms with Crippen molar-refractivity contribution in [3.05, 3.63) is 23.3 Å². The number of benzene rings is 1. The molecule has 88 valence electrons. The highest BCUT2D eigenvalue weighted by molar-refractivity contribution is 5.49. The Bertz CT molecular complexity index is 404. The number of ether oxygens (including phenoxy) is 2. The molecule has 0 atom stereocenters. The molecule has 0 aliphatic carbocycles. The standard InChI is InChI=1S/C10H10F3NO2/c11-10(12,13)7-4-9-8(15-5-16-9)3-6(7)1-2-14/h3-4H,1-2,5,14H2. The molecule has 0 fully saturated rings. The predicted molar refractivity (Wildman–Crippen MR) is 50.3 cm³/mol. The first-order chi connectivity index (χ1) is 7.52. The van der Waals surface area contributed by atoms with Crippen molar-refractivity contribution in [2.24, 2.45) is 5.73 Å². The Morgan fingerprint density at radius 3 is 2.38 bits per heavy atom. The van der Waals surface area contributed by atoms with Gasteiger partial charge in [-0.15, -0.1) is 0 Å². The molecule has 1 aromatic carbocycles. The van der Waals surface area contributed by atoms with Crippen molar-refractivity contribution < 1.29 is 22.6 Å². The van der Waals surface area contributed by atoms with Crippen molar-refractivity contribution in [2.75, 3.05) is 13.3 Å². The van der Waals surface area contributed by atoms with Gasteiger partial charge in [-0.2, -0.15) is 13.2 Å². The Morgan fingerprint density at radius 1 is 1.19 bits per heavy atom. The van der Waals surface area contributed by atoms with Crippen LogP contribution in [0.2, 0.25) is 0 Å². The molecule has 2 N–H and O–H groups in total. The highest BCUT2D eigenvalue weighted by Gasteiger charge is 2.35. The van der Waals surface area contributed by atoms with Gasteiger partial charge in [-0.25, -0.2) is 0 Å². The summed E-state index contributed by atoms with van der Waals surface area (Å²) in [5.41, 5.74) is 4.71. The van der Waals surface area contributed by atoms with E-state index >= 15 is 0 Å². The summed E-state index contributed by atoms with van der Waals surface area (Å²) in [6.07, 6.45) is -4.24. The fourth-order valence-corrected chi connectivity index (χ4v) is 1.61. The summed E-state index contributed by atoms with van der Waals surface area (Å²) in [4.78, 5) is 0. The van der Waals surface area contributed by atoms with Crippen molar-refractivity contribution in [3.8, 4) is 11.5 Å². The van der Waals surface area contributed by atoms with Crippen LogP contribution in [0.1, 0.15) is 11.1 Å². The minimum absolute atomic E-state index is 0.0429. The molecule has 0 saturated carbocycles. The zero-order valence-electron chi connectivity index (χ0n) is 8.30. The van der Waals surface area contributed by atoms with Gasteiger partial charge < -0.3 is 15.2 Å². The highest BCUT2D eigenvalue weighted by Crippen LogP contribution is 2.41. The largest absolute Gasteiger partial charge is 0.454 e. The van der Waals surface area contributed by atoms with E-state index in [2.05, 4.69) is 0 Å². The molecule has 1 aromatic rings. The van der Waals surface area contributed by atoms with Crippen molar-refractivity contribution in [3.63, 3.8) is 0 Å². The lowest BCUT2D eigenvalue weighted by Gasteiger charge is -2.13. The topological polar surface area (TPSA) is 44.5 Å². The van der Waals surface area contributed by atoms with Gasteiger partial charge in [0.1, 0.15) is 0 Å². The van der Waals surface area contributed by atoms with E-state index in [0.29, 0.717) is 5.75 Å². The Morgan fingerprint density at radius 2 is 1.81 bits per heavy atom. The van der Waals surface area contributed by atoms with Gasteiger partial charge in [0.05, 0.1) is 5.56 Å². The van der Waals surface area contributed by atoms with Gasteiger partial charge in [-0.1, -0.05) is 0 Å². The molecule has 0 aromatic heterocycles. The van der Waals surface area contributed by atoms with E-state index in [-0.39, 0.29) is 31.1 Å². The van der Waals surface area contributed by atoms with Crippen molar-refractivity contribution in [1.82, 2.24) is 0 Å². The summed E-state index contributed by atoms with van der Waals surface area (Å²) in [6.45, 7) is 0.113. The Kier molecular flexibility index (Phi) is 2.67. The van der Waals surface area contributed by atoms with Crippen LogP contribution in [0.4, 0.5) is 13.2 Å². The van der Waals surface area contributed by atoms with E-state index in [9.17, 15) is 13.2 Å². The summed E-state index contributed by atoms with van der Waals surface area (Å²) in [5, 5.41) is 0. The molecular formula is C10H10F3NO2. The van der Waals surface area contributed by atoms with Gasteiger partial charge in [-0.05, 0) is 30.7 Å². The van der Waals surface area contributed by atoms with E-state index in [0.717, 1.165) is 6.07 Å². The maximum absolute atomic E-state index is 12.7. The third-order valence-electron chi connectivity index (χ3n) is 2.32. The smallest absolute Gasteiger partial charge is 0.416 e. The number of hydrogen-bond donors (Lipinski definition) is 1. The van der Waals surface area contributed by atoms with Crippen LogP contribution in [0.3, 0.4) is 0 Å². The zero-order chi connectivity index (χ0) is 11.8. The number of fused-ring (bicyclic) bond motifs is 1. The van der Waals surface area contributed by atoms with Crippen LogP contribution in [0.25, 0.3) is 0 Å². The number of nitrogens with two attached hydrogens (primary N) is 1. The minimum Gasteiger partial charge on any atom is -0.454 e. The molecule has 0 radical (unpaired) electrons. The molecule has 0 unspecified atom stereocenters. The van der Waals surface area contributed by atoms with Gasteiger partial charge in [0.15, 0.2) is 11.5 Å². The molecule has 1 aliphatic heterocycles. The zero-order valence-corrected chi connectivity index (χ0v) is 8.30. The van der Waals surface area contributed by atoms with Crippen molar-refractivity contribution in [1.29, 1.82) is 0 Å². The van der Waals surface area contributed by atoms with Crippen LogP contribution in [-0.4, -0.2) is 13.3 Å². The van der Waals surface area contributed by atoms with Gasteiger partial charge in [0, 0.05) is 0 Å². The minimum atomic E-state index is -4.40. The van der Waals surface area contributed by atoms with Crippen LogP contribution in [-0.2, 0) is 12.6 Å². The van der Waals surface area contributed by atoms with Crippen LogP contribution < -0.4 is 15.2 Å². The Hall–Kier alpha value is -1.43. The molecule has 1 aliphatic rings. The Balaban J connectivity index is 2.49. The van der Waals surface area contributed by atoms with Gasteiger partial charge in [0.2, 0.25) is 6.79 Å². The lowest BCUT2D eigenvalue weighted by atomic mass is 10.0. The average Bonchev–Trinajstić information content (AvgIpc) is 2.62. The van der Waals surface area contributed by atoms with Gasteiger partial charge in [-0.3, -0.25) is 0 Å². The van der Waals surface area contributed by atoms with Crippen molar-refractivity contribution in [2.45, 2.75) is 12.6 Å². The molecule has 0 bridgehead atoms. The molecular weight excluding hydrogens is 223 g/mol. The molecule has 6 heteroatoms.